The highest BCUT2D eigenvalue weighted by atomic mass is 16.5. The minimum atomic E-state index is -0.494. The molecular weight excluding hydrogens is 120 g/mol. The molecule has 0 amide bonds. The van der Waals surface area contributed by atoms with Crippen LogP contribution in [0.5, 0.6) is 0 Å². The lowest BCUT2D eigenvalue weighted by molar-refractivity contribution is -0.0328. The van der Waals surface area contributed by atoms with Crippen LogP contribution in [-0.4, -0.2) is 30.1 Å². The number of nitrogens with zero attached hydrogens (tertiary/aromatic N) is 2. The summed E-state index contributed by atoms with van der Waals surface area (Å²) in [6.07, 6.45) is 0.250. The second-order valence-corrected chi connectivity index (χ2v) is 2.42. The molecule has 1 unspecified atom stereocenters. The van der Waals surface area contributed by atoms with Crippen LogP contribution in [0.3, 0.4) is 0 Å². The average molecular weight is 128 g/mol. The van der Waals surface area contributed by atoms with Crippen LogP contribution < -0.4 is 0 Å². The van der Waals surface area contributed by atoms with E-state index in [-0.39, 0.29) is 0 Å². The minimum absolute atomic E-state index is 0.382. The molecule has 0 saturated carbocycles. The van der Waals surface area contributed by atoms with Crippen LogP contribution in [0.4, 0.5) is 0 Å². The lowest BCUT2D eigenvalue weighted by atomic mass is 10.0. The summed E-state index contributed by atoms with van der Waals surface area (Å²) >= 11 is 0. The molecule has 1 N–H and O–H groups in total. The van der Waals surface area contributed by atoms with Crippen molar-refractivity contribution in [2.24, 2.45) is 10.2 Å². The predicted octanol–water partition coefficient (Wildman–Crippen LogP) is -0.0703. The van der Waals surface area contributed by atoms with Gasteiger partial charge >= 0.3 is 0 Å². The van der Waals surface area contributed by atoms with Gasteiger partial charge in [-0.1, -0.05) is 0 Å². The fourth-order valence-electron chi connectivity index (χ4n) is 1.01. The van der Waals surface area contributed by atoms with Crippen molar-refractivity contribution in [2.45, 2.75) is 18.2 Å². The summed E-state index contributed by atoms with van der Waals surface area (Å²) in [4.78, 5) is 0. The highest BCUT2D eigenvalue weighted by Crippen LogP contribution is 2.37. The van der Waals surface area contributed by atoms with Gasteiger partial charge in [0.25, 0.3) is 0 Å². The van der Waals surface area contributed by atoms with Gasteiger partial charge in [0, 0.05) is 6.42 Å². The standard InChI is InChI=1S/C5H8N2O2/c8-4-3-9-2-1-5(4)6-7-5/h4,8H,1-3H2. The van der Waals surface area contributed by atoms with Gasteiger partial charge in [-0.3, -0.25) is 0 Å². The Morgan fingerprint density at radius 1 is 1.56 bits per heavy atom. The lowest BCUT2D eigenvalue weighted by Gasteiger charge is -2.22. The fourth-order valence-corrected chi connectivity index (χ4v) is 1.01. The van der Waals surface area contributed by atoms with Crippen molar-refractivity contribution in [2.75, 3.05) is 13.2 Å². The van der Waals surface area contributed by atoms with Gasteiger partial charge in [-0.25, -0.2) is 0 Å². The summed E-state index contributed by atoms with van der Waals surface area (Å²) in [5, 5.41) is 16.7. The third kappa shape index (κ3) is 0.668. The molecule has 0 aromatic carbocycles. The smallest absolute Gasteiger partial charge is 0.220 e. The molecule has 1 fully saturated rings. The number of hydrogen-bond donors (Lipinski definition) is 1. The van der Waals surface area contributed by atoms with Crippen molar-refractivity contribution >= 4 is 0 Å². The monoisotopic (exact) mass is 128 g/mol. The first kappa shape index (κ1) is 5.32. The van der Waals surface area contributed by atoms with Crippen LogP contribution in [0.15, 0.2) is 10.2 Å². The Morgan fingerprint density at radius 3 is 2.78 bits per heavy atom. The summed E-state index contributed by atoms with van der Waals surface area (Å²) in [5.74, 6) is 0. The van der Waals surface area contributed by atoms with Crippen LogP contribution in [0.1, 0.15) is 6.42 Å². The molecule has 9 heavy (non-hydrogen) atoms. The highest BCUT2D eigenvalue weighted by Gasteiger charge is 2.49. The van der Waals surface area contributed by atoms with Gasteiger partial charge < -0.3 is 9.84 Å². The first-order chi connectivity index (χ1) is 4.33. The SMILES string of the molecule is OC1COCCC12N=N2. The Labute approximate surface area is 52.5 Å². The van der Waals surface area contributed by atoms with Crippen molar-refractivity contribution in [3.8, 4) is 0 Å². The van der Waals surface area contributed by atoms with Crippen LogP contribution in [0, 0.1) is 0 Å². The first-order valence-electron chi connectivity index (χ1n) is 3.03. The molecular formula is C5H8N2O2. The molecule has 0 aromatic heterocycles. The fraction of sp³-hybridized carbons (Fsp3) is 1.00. The Balaban J connectivity index is 2.04. The zero-order valence-corrected chi connectivity index (χ0v) is 4.95. The number of aliphatic hydroxyl groups excluding tert-OH is 1. The molecule has 50 valence electrons. The second-order valence-electron chi connectivity index (χ2n) is 2.42. The van der Waals surface area contributed by atoms with E-state index in [1.807, 2.05) is 0 Å². The summed E-state index contributed by atoms with van der Waals surface area (Å²) in [7, 11) is 0. The summed E-state index contributed by atoms with van der Waals surface area (Å²) in [6, 6.07) is 0. The van der Waals surface area contributed by atoms with Gasteiger partial charge in [0.2, 0.25) is 5.66 Å². The van der Waals surface area contributed by atoms with Crippen molar-refractivity contribution in [3.05, 3.63) is 0 Å². The number of hydrogen-bond acceptors (Lipinski definition) is 4. The van der Waals surface area contributed by atoms with Gasteiger partial charge in [0.15, 0.2) is 0 Å². The molecule has 0 aromatic rings. The van der Waals surface area contributed by atoms with Crippen molar-refractivity contribution in [1.29, 1.82) is 0 Å². The van der Waals surface area contributed by atoms with Gasteiger partial charge in [-0.15, -0.1) is 0 Å². The van der Waals surface area contributed by atoms with Crippen molar-refractivity contribution in [1.82, 2.24) is 0 Å². The molecule has 4 nitrogen and oxygen atoms in total. The maximum Gasteiger partial charge on any atom is 0.220 e. The average Bonchev–Trinajstić information content (AvgIpc) is 2.60. The van der Waals surface area contributed by atoms with Crippen LogP contribution in [0.25, 0.3) is 0 Å². The van der Waals surface area contributed by atoms with E-state index in [2.05, 4.69) is 10.2 Å². The first-order valence-corrected chi connectivity index (χ1v) is 3.03. The quantitative estimate of drug-likeness (QED) is 0.496. The van der Waals surface area contributed by atoms with E-state index in [1.165, 1.54) is 0 Å². The molecule has 1 spiro atoms. The number of aliphatic hydroxyl groups is 1. The zero-order valence-electron chi connectivity index (χ0n) is 4.95. The van der Waals surface area contributed by atoms with E-state index in [0.717, 1.165) is 6.42 Å². The molecule has 0 bridgehead atoms. The van der Waals surface area contributed by atoms with Crippen LogP contribution in [-0.2, 0) is 4.74 Å². The van der Waals surface area contributed by atoms with Crippen LogP contribution >= 0.6 is 0 Å². The highest BCUT2D eigenvalue weighted by molar-refractivity contribution is 5.01. The maximum atomic E-state index is 9.19. The molecule has 2 aliphatic rings. The zero-order chi connectivity index (χ0) is 6.32. The molecule has 2 aliphatic heterocycles. The Hall–Kier alpha value is -0.480. The van der Waals surface area contributed by atoms with E-state index in [0.29, 0.717) is 13.2 Å². The maximum absolute atomic E-state index is 9.19. The van der Waals surface area contributed by atoms with Gasteiger partial charge in [-0.05, 0) is 0 Å². The molecule has 2 heterocycles. The van der Waals surface area contributed by atoms with Gasteiger partial charge in [-0.2, -0.15) is 10.2 Å². The van der Waals surface area contributed by atoms with Crippen molar-refractivity contribution in [3.63, 3.8) is 0 Å². The minimum Gasteiger partial charge on any atom is -0.386 e. The second kappa shape index (κ2) is 1.52. The molecule has 0 aliphatic carbocycles. The Kier molecular flexibility index (Phi) is 0.896. The summed E-state index contributed by atoms with van der Waals surface area (Å²) in [6.45, 7) is 1.05. The number of ether oxygens (including phenoxy) is 1. The molecule has 1 saturated heterocycles. The summed E-state index contributed by atoms with van der Waals surface area (Å²) < 4.78 is 4.99. The van der Waals surface area contributed by atoms with E-state index in [9.17, 15) is 5.11 Å². The largest absolute Gasteiger partial charge is 0.386 e. The molecule has 4 heteroatoms. The molecule has 2 rings (SSSR count). The third-order valence-corrected chi connectivity index (χ3v) is 1.78. The predicted molar refractivity (Wildman–Crippen MR) is 29.0 cm³/mol. The van der Waals surface area contributed by atoms with E-state index in [4.69, 9.17) is 4.74 Å². The Morgan fingerprint density at radius 2 is 2.33 bits per heavy atom. The van der Waals surface area contributed by atoms with E-state index >= 15 is 0 Å². The topological polar surface area (TPSA) is 54.2 Å². The third-order valence-electron chi connectivity index (χ3n) is 1.78. The van der Waals surface area contributed by atoms with Crippen molar-refractivity contribution < 1.29 is 9.84 Å². The normalized spacial score (nSPS) is 37.2. The molecule has 0 radical (unpaired) electrons. The van der Waals surface area contributed by atoms with Gasteiger partial charge in [0.1, 0.15) is 6.10 Å². The van der Waals surface area contributed by atoms with E-state index in [1.54, 1.807) is 0 Å². The van der Waals surface area contributed by atoms with E-state index < -0.39 is 11.8 Å². The lowest BCUT2D eigenvalue weighted by Crippen LogP contribution is -2.39. The van der Waals surface area contributed by atoms with Crippen LogP contribution in [0.2, 0.25) is 0 Å². The summed E-state index contributed by atoms with van der Waals surface area (Å²) in [5.41, 5.74) is -0.432. The molecule has 1 atom stereocenters. The van der Waals surface area contributed by atoms with Gasteiger partial charge in [0.05, 0.1) is 13.2 Å². The number of rotatable bonds is 0. The Bertz CT molecular complexity index is 151.